The Bertz CT molecular complexity index is 3740. The zero-order valence-corrected chi connectivity index (χ0v) is 40.1. The maximum Gasteiger partial charge on any atom is 0.296 e. The van der Waals surface area contributed by atoms with Crippen LogP contribution in [-0.4, -0.2) is 101 Å². The first kappa shape index (κ1) is 52.8. The van der Waals surface area contributed by atoms with Gasteiger partial charge in [-0.3, -0.25) is 27.3 Å². The Kier molecular flexibility index (Phi) is 14.3. The lowest BCUT2D eigenvalue weighted by molar-refractivity contribution is 0.471. The molecular formula is C38H34N6O20S6. The van der Waals surface area contributed by atoms with E-state index in [2.05, 4.69) is 31.1 Å². The Morgan fingerprint density at radius 3 is 1.04 bits per heavy atom. The smallest absolute Gasteiger partial charge is 0.296 e. The van der Waals surface area contributed by atoms with Crippen molar-refractivity contribution in [3.63, 3.8) is 0 Å². The molecule has 0 atom stereocenters. The normalized spacial score (nSPS) is 13.3. The summed E-state index contributed by atoms with van der Waals surface area (Å²) in [5.41, 5.74) is -3.73. The molecule has 0 radical (unpaired) electrons. The maximum absolute atomic E-state index is 12.6. The van der Waals surface area contributed by atoms with Crippen molar-refractivity contribution < 1.29 is 88.0 Å². The van der Waals surface area contributed by atoms with Crippen molar-refractivity contribution in [2.75, 3.05) is 23.7 Å². The Morgan fingerprint density at radius 1 is 0.429 bits per heavy atom. The average Bonchev–Trinajstić information content (AvgIpc) is 3.23. The Morgan fingerprint density at radius 2 is 0.757 bits per heavy atom. The third kappa shape index (κ3) is 11.4. The van der Waals surface area contributed by atoms with Crippen LogP contribution in [0.3, 0.4) is 0 Å². The molecule has 0 unspecified atom stereocenters. The number of hydrogen-bond acceptors (Lipinski definition) is 20. The fourth-order valence-electron chi connectivity index (χ4n) is 6.75. The number of azo groups is 2. The van der Waals surface area contributed by atoms with E-state index >= 15 is 0 Å². The van der Waals surface area contributed by atoms with Crippen molar-refractivity contribution in [1.29, 1.82) is 0 Å². The predicted molar refractivity (Wildman–Crippen MR) is 249 cm³/mol. The molecule has 70 heavy (non-hydrogen) atoms. The lowest BCUT2D eigenvalue weighted by atomic mass is 10.1. The van der Waals surface area contributed by atoms with Crippen molar-refractivity contribution in [3.05, 3.63) is 83.9 Å². The van der Waals surface area contributed by atoms with Crippen LogP contribution in [-0.2, 0) is 60.7 Å². The van der Waals surface area contributed by atoms with Crippen LogP contribution in [0.15, 0.2) is 123 Å². The van der Waals surface area contributed by atoms with E-state index < -0.39 is 124 Å². The minimum absolute atomic E-state index is 0.114. The number of fused-ring (bicyclic) bond motifs is 2. The summed E-state index contributed by atoms with van der Waals surface area (Å²) in [6.07, 6.45) is 1.90. The van der Waals surface area contributed by atoms with E-state index in [1.165, 1.54) is 0 Å². The van der Waals surface area contributed by atoms with Gasteiger partial charge in [-0.25, -0.2) is 0 Å². The minimum Gasteiger partial charge on any atom is -0.505 e. The first-order valence-corrected chi connectivity index (χ1v) is 27.7. The zero-order chi connectivity index (χ0) is 52.1. The number of rotatable bonds is 16. The van der Waals surface area contributed by atoms with Crippen LogP contribution < -0.4 is 10.6 Å². The summed E-state index contributed by atoms with van der Waals surface area (Å²) in [4.78, 5) is -5.48. The Labute approximate surface area is 397 Å². The summed E-state index contributed by atoms with van der Waals surface area (Å²) in [6.45, 7) is 3.38. The number of nitrogens with zero attached hydrogens (tertiary/aromatic N) is 4. The number of aromatic hydroxyl groups is 2. The second-order valence-electron chi connectivity index (χ2n) is 14.4. The number of anilines is 2. The second kappa shape index (κ2) is 19.0. The third-order valence-electron chi connectivity index (χ3n) is 9.66. The van der Waals surface area contributed by atoms with Gasteiger partial charge in [-0.1, -0.05) is 24.3 Å². The molecule has 0 aromatic heterocycles. The van der Waals surface area contributed by atoms with Crippen molar-refractivity contribution in [2.24, 2.45) is 20.5 Å². The van der Waals surface area contributed by atoms with E-state index in [1.54, 1.807) is 13.8 Å². The first-order chi connectivity index (χ1) is 32.2. The highest BCUT2D eigenvalue weighted by Gasteiger charge is 2.28. The minimum atomic E-state index is -5.28. The van der Waals surface area contributed by atoms with Crippen LogP contribution in [0.25, 0.3) is 33.7 Å². The lowest BCUT2D eigenvalue weighted by Crippen LogP contribution is -2.04. The number of phenols is 2. The van der Waals surface area contributed by atoms with Crippen molar-refractivity contribution in [2.45, 2.75) is 43.2 Å². The van der Waals surface area contributed by atoms with Crippen LogP contribution in [0.2, 0.25) is 0 Å². The summed E-state index contributed by atoms with van der Waals surface area (Å²) in [7, 11) is -30.7. The van der Waals surface area contributed by atoms with Gasteiger partial charge >= 0.3 is 0 Å². The van der Waals surface area contributed by atoms with E-state index in [0.717, 1.165) is 60.7 Å². The first-order valence-electron chi connectivity index (χ1n) is 19.0. The van der Waals surface area contributed by atoms with Crippen LogP contribution in [0, 0.1) is 0 Å². The van der Waals surface area contributed by atoms with E-state index in [1.807, 2.05) is 0 Å². The summed E-state index contributed by atoms with van der Waals surface area (Å²) in [5, 5.41) is 41.7. The molecule has 0 spiro atoms. The van der Waals surface area contributed by atoms with Gasteiger partial charge in [-0.15, -0.1) is 10.2 Å². The summed E-state index contributed by atoms with van der Waals surface area (Å²) in [6, 6.07) is 10.4. The molecule has 6 aromatic carbocycles. The molecule has 372 valence electrons. The largest absolute Gasteiger partial charge is 0.505 e. The summed E-state index contributed by atoms with van der Waals surface area (Å²) < 4.78 is 207. The van der Waals surface area contributed by atoms with Gasteiger partial charge in [0.1, 0.15) is 31.0 Å². The molecule has 32 heteroatoms. The lowest BCUT2D eigenvalue weighted by Gasteiger charge is -2.14. The fourth-order valence-corrected chi connectivity index (χ4v) is 10.6. The monoisotopic (exact) mass is 1090 g/mol. The van der Waals surface area contributed by atoms with Gasteiger partial charge in [0.2, 0.25) is 0 Å². The molecule has 6 rings (SSSR count). The molecule has 6 aromatic rings. The highest BCUT2D eigenvalue weighted by atomic mass is 32.2. The van der Waals surface area contributed by atoms with E-state index in [9.17, 15) is 88.0 Å². The molecule has 0 aliphatic rings. The quantitative estimate of drug-likeness (QED) is 0.0272. The summed E-state index contributed by atoms with van der Waals surface area (Å²) in [5.74, 6) is -1.95. The molecule has 0 amide bonds. The molecule has 0 aliphatic carbocycles. The molecule has 26 nitrogen and oxygen atoms in total. The van der Waals surface area contributed by atoms with Gasteiger partial charge in [-0.2, -0.15) is 60.7 Å². The SMILES string of the molecule is CCNc1cc(S(=O)(=O)O)cc2cc(S(=O)(=O)O)c(N=Nc3ccc(/C=C/c4ccc(N=Nc5c(S(=O)(=O)O)cc6cc(S(=O)(=O)O)cc(NCC)c6c5O)cc4S(=O)(=O)O)c(S(=O)(=O)O)c3)c(O)c12. The van der Waals surface area contributed by atoms with Gasteiger partial charge in [-0.05, 0) is 96.4 Å². The van der Waals surface area contributed by atoms with Crippen LogP contribution in [0.5, 0.6) is 11.5 Å². The highest BCUT2D eigenvalue weighted by Crippen LogP contribution is 2.47. The maximum atomic E-state index is 12.6. The number of hydrogen-bond donors (Lipinski definition) is 10. The molecule has 0 saturated carbocycles. The van der Waals surface area contributed by atoms with Crippen LogP contribution in [0.4, 0.5) is 34.1 Å². The van der Waals surface area contributed by atoms with Gasteiger partial charge in [0, 0.05) is 35.2 Å². The molecule has 10 N–H and O–H groups in total. The number of nitrogens with one attached hydrogen (secondary N) is 2. The van der Waals surface area contributed by atoms with Crippen molar-refractivity contribution in [3.8, 4) is 11.5 Å². The number of benzene rings is 6. The molecule has 0 aliphatic heterocycles. The van der Waals surface area contributed by atoms with E-state index in [0.29, 0.717) is 24.3 Å². The van der Waals surface area contributed by atoms with Gasteiger partial charge in [0.05, 0.1) is 21.2 Å². The molecule has 0 bridgehead atoms. The third-order valence-corrected chi connectivity index (χ3v) is 14.9. The molecule has 0 heterocycles. The average molecular weight is 1090 g/mol. The van der Waals surface area contributed by atoms with Gasteiger partial charge in [0.15, 0.2) is 11.5 Å². The predicted octanol–water partition coefficient (Wildman–Crippen LogP) is 6.75. The second-order valence-corrected chi connectivity index (χ2v) is 22.8. The molecule has 0 fully saturated rings. The number of phenolic OH excluding ortho intramolecular Hbond substituents is 2. The van der Waals surface area contributed by atoms with Crippen LogP contribution in [0.1, 0.15) is 25.0 Å². The van der Waals surface area contributed by atoms with Crippen molar-refractivity contribution >= 4 is 129 Å². The van der Waals surface area contributed by atoms with Crippen LogP contribution >= 0.6 is 0 Å². The van der Waals surface area contributed by atoms with Gasteiger partial charge < -0.3 is 20.8 Å². The Balaban J connectivity index is 1.41. The topological polar surface area (TPSA) is 440 Å². The summed E-state index contributed by atoms with van der Waals surface area (Å²) >= 11 is 0. The zero-order valence-electron chi connectivity index (χ0n) is 35.2. The molecule has 0 saturated heterocycles. The molecular weight excluding hydrogens is 1050 g/mol. The van der Waals surface area contributed by atoms with Gasteiger partial charge in [0.25, 0.3) is 60.7 Å². The standard InChI is InChI=1S/C38H34N6O20S6/c1-3-39-27-17-25(65(47,48)49)11-21-13-31(69(59,60)61)35(37(45)33(21)27)43-41-23-9-7-19(29(15-23)67(53,54)55)5-6-20-8-10-24(16-30(20)68(56,57)58)42-44-36-32(70(62,63)64)14-22-12-26(66(50,51)52)18-28(40-4-2)34(22)38(36)46/h5-18,39-40,45-46H,3-4H2,1-2H3,(H,47,48,49)(H,50,51,52)(H,53,54,55)(H,56,57,58)(H,59,60,61)(H,62,63,64)/b6-5+,43-41?,44-42?. The van der Waals surface area contributed by atoms with E-state index in [-0.39, 0.29) is 57.1 Å². The van der Waals surface area contributed by atoms with Crippen molar-refractivity contribution in [1.82, 2.24) is 0 Å². The Hall–Kier alpha value is -6.56. The highest BCUT2D eigenvalue weighted by molar-refractivity contribution is 7.87. The fraction of sp³-hybridized carbons (Fsp3) is 0.105. The van der Waals surface area contributed by atoms with E-state index in [4.69, 9.17) is 0 Å².